The fourth-order valence-corrected chi connectivity index (χ4v) is 5.61. The van der Waals surface area contributed by atoms with Crippen molar-refractivity contribution in [2.24, 2.45) is 0 Å². The standard InChI is InChI=1S/C18H27NO2S/c1-15-7-5-6-14-19(15)22(20,21)18-12-10-17(11-13-18)16-8-3-2-4-9-16/h10-13,15-16H,2-9,14H2,1H3. The van der Waals surface area contributed by atoms with E-state index in [9.17, 15) is 8.42 Å². The smallest absolute Gasteiger partial charge is 0.207 e. The van der Waals surface area contributed by atoms with Gasteiger partial charge in [0.2, 0.25) is 10.0 Å². The summed E-state index contributed by atoms with van der Waals surface area (Å²) < 4.78 is 27.3. The number of piperidine rings is 1. The summed E-state index contributed by atoms with van der Waals surface area (Å²) in [5, 5.41) is 0. The molecule has 3 rings (SSSR count). The summed E-state index contributed by atoms with van der Waals surface area (Å²) in [5.74, 6) is 0.624. The maximum Gasteiger partial charge on any atom is 0.243 e. The number of hydrogen-bond acceptors (Lipinski definition) is 2. The van der Waals surface area contributed by atoms with Crippen LogP contribution in [0.1, 0.15) is 69.8 Å². The molecule has 0 amide bonds. The van der Waals surface area contributed by atoms with Crippen LogP contribution in [0.5, 0.6) is 0 Å². The molecule has 122 valence electrons. The highest BCUT2D eigenvalue weighted by atomic mass is 32.2. The molecule has 0 aromatic heterocycles. The van der Waals surface area contributed by atoms with Crippen LogP contribution in [-0.4, -0.2) is 25.3 Å². The van der Waals surface area contributed by atoms with Gasteiger partial charge in [0, 0.05) is 12.6 Å². The average molecular weight is 321 g/mol. The van der Waals surface area contributed by atoms with E-state index in [1.54, 1.807) is 4.31 Å². The van der Waals surface area contributed by atoms with Crippen molar-refractivity contribution < 1.29 is 8.42 Å². The number of rotatable bonds is 3. The molecule has 0 radical (unpaired) electrons. The van der Waals surface area contributed by atoms with Crippen molar-refractivity contribution in [3.8, 4) is 0 Å². The highest BCUT2D eigenvalue weighted by molar-refractivity contribution is 7.89. The topological polar surface area (TPSA) is 37.4 Å². The lowest BCUT2D eigenvalue weighted by molar-refractivity contribution is 0.268. The second kappa shape index (κ2) is 6.71. The summed E-state index contributed by atoms with van der Waals surface area (Å²) in [6, 6.07) is 7.84. The van der Waals surface area contributed by atoms with Gasteiger partial charge in [-0.05, 0) is 56.2 Å². The second-order valence-corrected chi connectivity index (χ2v) is 8.76. The van der Waals surface area contributed by atoms with Crippen molar-refractivity contribution in [2.75, 3.05) is 6.54 Å². The van der Waals surface area contributed by atoms with Gasteiger partial charge in [-0.2, -0.15) is 4.31 Å². The Hall–Kier alpha value is -0.870. The van der Waals surface area contributed by atoms with Gasteiger partial charge >= 0.3 is 0 Å². The molecule has 1 heterocycles. The summed E-state index contributed by atoms with van der Waals surface area (Å²) in [4.78, 5) is 0.459. The summed E-state index contributed by atoms with van der Waals surface area (Å²) >= 11 is 0. The van der Waals surface area contributed by atoms with Crippen molar-refractivity contribution in [2.45, 2.75) is 75.1 Å². The van der Waals surface area contributed by atoms with Crippen LogP contribution in [-0.2, 0) is 10.0 Å². The van der Waals surface area contributed by atoms with Crippen molar-refractivity contribution in [3.05, 3.63) is 29.8 Å². The average Bonchev–Trinajstić information content (AvgIpc) is 2.56. The van der Waals surface area contributed by atoms with Gasteiger partial charge in [0.25, 0.3) is 0 Å². The van der Waals surface area contributed by atoms with E-state index in [1.165, 1.54) is 37.7 Å². The maximum absolute atomic E-state index is 12.8. The van der Waals surface area contributed by atoms with Crippen molar-refractivity contribution >= 4 is 10.0 Å². The highest BCUT2D eigenvalue weighted by Crippen LogP contribution is 2.33. The summed E-state index contributed by atoms with van der Waals surface area (Å²) in [5.41, 5.74) is 1.31. The normalized spacial score (nSPS) is 25.2. The molecule has 0 spiro atoms. The van der Waals surface area contributed by atoms with Gasteiger partial charge in [-0.15, -0.1) is 0 Å². The lowest BCUT2D eigenvalue weighted by Crippen LogP contribution is -2.41. The molecule has 3 nitrogen and oxygen atoms in total. The molecule has 0 bridgehead atoms. The van der Waals surface area contributed by atoms with E-state index in [0.717, 1.165) is 19.3 Å². The zero-order valence-electron chi connectivity index (χ0n) is 13.5. The molecule has 1 aromatic rings. The van der Waals surface area contributed by atoms with E-state index in [4.69, 9.17) is 0 Å². The third kappa shape index (κ3) is 3.23. The monoisotopic (exact) mass is 321 g/mol. The van der Waals surface area contributed by atoms with Crippen LogP contribution >= 0.6 is 0 Å². The Morgan fingerprint density at radius 2 is 1.55 bits per heavy atom. The van der Waals surface area contributed by atoms with Gasteiger partial charge in [0.1, 0.15) is 0 Å². The summed E-state index contributed by atoms with van der Waals surface area (Å²) in [6.07, 6.45) is 9.52. The van der Waals surface area contributed by atoms with Gasteiger partial charge < -0.3 is 0 Å². The van der Waals surface area contributed by atoms with Gasteiger partial charge in [0.15, 0.2) is 0 Å². The predicted molar refractivity (Wildman–Crippen MR) is 89.5 cm³/mol. The molecule has 1 saturated carbocycles. The van der Waals surface area contributed by atoms with Crippen LogP contribution in [0.4, 0.5) is 0 Å². The molecule has 2 fully saturated rings. The van der Waals surface area contributed by atoms with Crippen LogP contribution in [0.15, 0.2) is 29.2 Å². The molecule has 1 unspecified atom stereocenters. The second-order valence-electron chi connectivity index (χ2n) is 6.86. The third-order valence-corrected chi connectivity index (χ3v) is 7.33. The van der Waals surface area contributed by atoms with E-state index in [1.807, 2.05) is 31.2 Å². The minimum atomic E-state index is -3.33. The molecule has 1 aliphatic carbocycles. The van der Waals surface area contributed by atoms with Crippen LogP contribution in [0.25, 0.3) is 0 Å². The molecular formula is C18H27NO2S. The van der Waals surface area contributed by atoms with Gasteiger partial charge in [-0.3, -0.25) is 0 Å². The maximum atomic E-state index is 12.8. The lowest BCUT2D eigenvalue weighted by Gasteiger charge is -2.32. The number of sulfonamides is 1. The molecule has 1 atom stereocenters. The molecule has 22 heavy (non-hydrogen) atoms. The molecule has 0 N–H and O–H groups in total. The first kappa shape index (κ1) is 16.0. The highest BCUT2D eigenvalue weighted by Gasteiger charge is 2.31. The summed E-state index contributed by atoms with van der Waals surface area (Å²) in [7, 11) is -3.33. The molecular weight excluding hydrogens is 294 g/mol. The first-order chi connectivity index (χ1) is 10.6. The molecule has 1 aromatic carbocycles. The van der Waals surface area contributed by atoms with Crippen LogP contribution in [0.2, 0.25) is 0 Å². The number of benzene rings is 1. The Labute approximate surface area is 134 Å². The van der Waals surface area contributed by atoms with E-state index in [2.05, 4.69) is 0 Å². The fraction of sp³-hybridized carbons (Fsp3) is 0.667. The minimum Gasteiger partial charge on any atom is -0.207 e. The quantitative estimate of drug-likeness (QED) is 0.832. The van der Waals surface area contributed by atoms with Gasteiger partial charge in [0.05, 0.1) is 4.90 Å². The SMILES string of the molecule is CC1CCCCN1S(=O)(=O)c1ccc(C2CCCCC2)cc1. The van der Waals surface area contributed by atoms with Crippen molar-refractivity contribution in [3.63, 3.8) is 0 Å². The number of hydrogen-bond donors (Lipinski definition) is 0. The Bertz CT molecular complexity index is 588. The Morgan fingerprint density at radius 1 is 0.909 bits per heavy atom. The first-order valence-corrected chi connectivity index (χ1v) is 10.1. The van der Waals surface area contributed by atoms with E-state index in [-0.39, 0.29) is 6.04 Å². The van der Waals surface area contributed by atoms with Gasteiger partial charge in [-0.25, -0.2) is 8.42 Å². The summed E-state index contributed by atoms with van der Waals surface area (Å²) in [6.45, 7) is 2.68. The van der Waals surface area contributed by atoms with E-state index in [0.29, 0.717) is 17.4 Å². The van der Waals surface area contributed by atoms with Crippen molar-refractivity contribution in [1.82, 2.24) is 4.31 Å². The fourth-order valence-electron chi connectivity index (χ4n) is 3.91. The number of nitrogens with zero attached hydrogens (tertiary/aromatic N) is 1. The zero-order chi connectivity index (χ0) is 15.6. The van der Waals surface area contributed by atoms with Crippen molar-refractivity contribution in [1.29, 1.82) is 0 Å². The van der Waals surface area contributed by atoms with E-state index < -0.39 is 10.0 Å². The Morgan fingerprint density at radius 3 is 2.18 bits per heavy atom. The van der Waals surface area contributed by atoms with Gasteiger partial charge in [-0.1, -0.05) is 37.8 Å². The molecule has 2 aliphatic rings. The zero-order valence-corrected chi connectivity index (χ0v) is 14.3. The molecule has 1 aliphatic heterocycles. The lowest BCUT2D eigenvalue weighted by atomic mass is 9.84. The van der Waals surface area contributed by atoms with E-state index >= 15 is 0 Å². The Balaban J connectivity index is 1.79. The first-order valence-electron chi connectivity index (χ1n) is 8.71. The largest absolute Gasteiger partial charge is 0.243 e. The predicted octanol–water partition coefficient (Wildman–Crippen LogP) is 4.30. The van der Waals surface area contributed by atoms with Crippen LogP contribution in [0.3, 0.4) is 0 Å². The third-order valence-electron chi connectivity index (χ3n) is 5.31. The van der Waals surface area contributed by atoms with Crippen LogP contribution in [0, 0.1) is 0 Å². The Kier molecular flexibility index (Phi) is 4.88. The van der Waals surface area contributed by atoms with Crippen LogP contribution < -0.4 is 0 Å². The molecule has 4 heteroatoms. The minimum absolute atomic E-state index is 0.122. The molecule has 1 saturated heterocycles.